The lowest BCUT2D eigenvalue weighted by Gasteiger charge is -2.31. The molecule has 1 saturated heterocycles. The molecule has 1 heterocycles. The molecule has 1 atom stereocenters. The molecule has 1 unspecified atom stereocenters. The summed E-state index contributed by atoms with van der Waals surface area (Å²) in [5.41, 5.74) is -0.495. The number of amides is 2. The number of ether oxygens (including phenoxy) is 1. The van der Waals surface area contributed by atoms with Crippen LogP contribution in [0.5, 0.6) is 5.75 Å². The van der Waals surface area contributed by atoms with Crippen LogP contribution in [0.3, 0.4) is 0 Å². The zero-order valence-corrected chi connectivity index (χ0v) is 16.4. The topological polar surface area (TPSA) is 92.8 Å². The first-order valence-corrected chi connectivity index (χ1v) is 10.3. The van der Waals surface area contributed by atoms with Crippen LogP contribution in [0.15, 0.2) is 24.3 Å². The summed E-state index contributed by atoms with van der Waals surface area (Å²) < 4.78 is 28.5. The molecule has 1 N–H and O–H groups in total. The Kier molecular flexibility index (Phi) is 5.95. The van der Waals surface area contributed by atoms with Gasteiger partial charge in [0.05, 0.1) is 18.6 Å². The Bertz CT molecular complexity index is 789. The maximum absolute atomic E-state index is 12.8. The molecule has 1 aromatic carbocycles. The van der Waals surface area contributed by atoms with Gasteiger partial charge in [0.25, 0.3) is 0 Å². The second kappa shape index (κ2) is 7.65. The van der Waals surface area contributed by atoms with E-state index in [0.29, 0.717) is 12.2 Å². The van der Waals surface area contributed by atoms with Crippen molar-refractivity contribution in [2.45, 2.75) is 32.9 Å². The summed E-state index contributed by atoms with van der Waals surface area (Å²) in [6, 6.07) is 6.93. The minimum atomic E-state index is -3.10. The van der Waals surface area contributed by atoms with Gasteiger partial charge in [-0.15, -0.1) is 0 Å². The third-order valence-electron chi connectivity index (χ3n) is 4.81. The normalized spacial score (nSPS) is 19.0. The van der Waals surface area contributed by atoms with Crippen molar-refractivity contribution in [3.63, 3.8) is 0 Å². The lowest BCUT2D eigenvalue weighted by molar-refractivity contribution is -0.148. The fourth-order valence-corrected chi connectivity index (χ4v) is 4.80. The van der Waals surface area contributed by atoms with Crippen LogP contribution >= 0.6 is 0 Å². The predicted molar refractivity (Wildman–Crippen MR) is 98.5 cm³/mol. The fraction of sp³-hybridized carbons (Fsp3) is 0.556. The summed E-state index contributed by atoms with van der Waals surface area (Å²) in [4.78, 5) is 26.8. The quantitative estimate of drug-likeness (QED) is 0.741. The molecule has 1 aliphatic rings. The van der Waals surface area contributed by atoms with E-state index < -0.39 is 27.1 Å². The Labute approximate surface area is 154 Å². The van der Waals surface area contributed by atoms with Crippen LogP contribution in [0.25, 0.3) is 0 Å². The summed E-state index contributed by atoms with van der Waals surface area (Å²) >= 11 is 0. The molecule has 0 spiro atoms. The first kappa shape index (κ1) is 20.2. The third kappa shape index (κ3) is 4.35. The van der Waals surface area contributed by atoms with Crippen molar-refractivity contribution in [3.05, 3.63) is 29.8 Å². The summed E-state index contributed by atoms with van der Waals surface area (Å²) in [6.07, 6.45) is 0.406. The lowest BCUT2D eigenvalue weighted by atomic mass is 9.89. The average molecular weight is 382 g/mol. The van der Waals surface area contributed by atoms with E-state index in [0.717, 1.165) is 5.56 Å². The second-order valence-corrected chi connectivity index (χ2v) is 9.32. The first-order chi connectivity index (χ1) is 12.1. The van der Waals surface area contributed by atoms with Gasteiger partial charge in [-0.1, -0.05) is 18.2 Å². The van der Waals surface area contributed by atoms with Crippen LogP contribution in [-0.4, -0.2) is 56.8 Å². The Balaban J connectivity index is 2.03. The zero-order valence-electron chi connectivity index (χ0n) is 15.6. The molecule has 0 bridgehead atoms. The molecule has 0 aliphatic carbocycles. The van der Waals surface area contributed by atoms with Gasteiger partial charge in [0.15, 0.2) is 9.84 Å². The van der Waals surface area contributed by atoms with Crippen molar-refractivity contribution in [3.8, 4) is 5.75 Å². The van der Waals surface area contributed by atoms with Crippen LogP contribution in [0.4, 0.5) is 0 Å². The number of benzene rings is 1. The maximum Gasteiger partial charge on any atom is 0.237 e. The van der Waals surface area contributed by atoms with Crippen LogP contribution in [-0.2, 0) is 26.0 Å². The van der Waals surface area contributed by atoms with Crippen LogP contribution in [0.1, 0.15) is 25.8 Å². The van der Waals surface area contributed by atoms with E-state index in [-0.39, 0.29) is 24.1 Å². The third-order valence-corrected chi connectivity index (χ3v) is 6.56. The van der Waals surface area contributed by atoms with Crippen LogP contribution in [0, 0.1) is 5.41 Å². The van der Waals surface area contributed by atoms with Crippen LogP contribution < -0.4 is 10.1 Å². The second-order valence-electron chi connectivity index (χ2n) is 7.09. The molecule has 2 rings (SSSR count). The molecule has 7 nitrogen and oxygen atoms in total. The number of para-hydroxylation sites is 1. The minimum absolute atomic E-state index is 0.0475. The van der Waals surface area contributed by atoms with Crippen molar-refractivity contribution < 1.29 is 22.7 Å². The van der Waals surface area contributed by atoms with Gasteiger partial charge in [0.2, 0.25) is 11.8 Å². The van der Waals surface area contributed by atoms with E-state index in [1.165, 1.54) is 4.90 Å². The smallest absolute Gasteiger partial charge is 0.237 e. The first-order valence-electron chi connectivity index (χ1n) is 8.46. The molecule has 1 aromatic rings. The summed E-state index contributed by atoms with van der Waals surface area (Å²) in [5.74, 6) is -0.118. The van der Waals surface area contributed by atoms with Crippen molar-refractivity contribution in [1.82, 2.24) is 10.2 Å². The van der Waals surface area contributed by atoms with Crippen molar-refractivity contribution in [1.29, 1.82) is 0 Å². The number of carbonyl (C=O) groups excluding carboxylic acids is 2. The molecule has 2 amide bonds. The molecular formula is C18H26N2O5S. The molecule has 0 radical (unpaired) electrons. The van der Waals surface area contributed by atoms with Crippen LogP contribution in [0.2, 0.25) is 0 Å². The number of carbonyl (C=O) groups is 2. The number of rotatable bonds is 6. The highest BCUT2D eigenvalue weighted by atomic mass is 32.2. The van der Waals surface area contributed by atoms with Crippen molar-refractivity contribution >= 4 is 21.7 Å². The molecule has 0 aromatic heterocycles. The van der Waals surface area contributed by atoms with Gasteiger partial charge in [-0.2, -0.15) is 0 Å². The van der Waals surface area contributed by atoms with Gasteiger partial charge in [0.1, 0.15) is 11.2 Å². The van der Waals surface area contributed by atoms with Gasteiger partial charge in [-0.3, -0.25) is 9.59 Å². The molecule has 26 heavy (non-hydrogen) atoms. The average Bonchev–Trinajstić information content (AvgIpc) is 2.98. The van der Waals surface area contributed by atoms with Gasteiger partial charge in [-0.25, -0.2) is 8.42 Å². The van der Waals surface area contributed by atoms with E-state index in [9.17, 15) is 18.0 Å². The number of methoxy groups -OCH3 is 1. The lowest BCUT2D eigenvalue weighted by Crippen LogP contribution is -2.51. The largest absolute Gasteiger partial charge is 0.496 e. The molecule has 144 valence electrons. The number of nitrogens with one attached hydrogen (secondary N) is 1. The van der Waals surface area contributed by atoms with E-state index >= 15 is 0 Å². The summed E-state index contributed by atoms with van der Waals surface area (Å²) in [7, 11) is 0.0109. The molecule has 8 heteroatoms. The molecule has 0 saturated carbocycles. The minimum Gasteiger partial charge on any atom is -0.496 e. The number of nitrogens with zero attached hydrogens (tertiary/aromatic N) is 1. The zero-order chi connectivity index (χ0) is 19.5. The summed E-state index contributed by atoms with van der Waals surface area (Å²) in [5, 5.41) is 2.77. The number of sulfone groups is 1. The number of hydrogen-bond donors (Lipinski definition) is 1. The van der Waals surface area contributed by atoms with E-state index in [1.807, 2.05) is 18.2 Å². The molecule has 1 aliphatic heterocycles. The number of hydrogen-bond acceptors (Lipinski definition) is 5. The predicted octanol–water partition coefficient (Wildman–Crippen LogP) is 0.983. The Morgan fingerprint density at radius 3 is 2.54 bits per heavy atom. The highest BCUT2D eigenvalue weighted by Crippen LogP contribution is 2.25. The van der Waals surface area contributed by atoms with E-state index in [4.69, 9.17) is 4.74 Å². The Hall–Kier alpha value is -2.09. The Morgan fingerprint density at radius 1 is 1.31 bits per heavy atom. The standard InChI is InChI=1S/C18H26N2O5S/c1-18(2,17(22)20(3)14-9-10-26(23,24)12-14)16(21)19-11-13-7-5-6-8-15(13)25-4/h5-8,14H,9-12H2,1-4H3,(H,19,21). The molecular weight excluding hydrogens is 356 g/mol. The highest BCUT2D eigenvalue weighted by molar-refractivity contribution is 7.91. The van der Waals surface area contributed by atoms with Crippen molar-refractivity contribution in [2.75, 3.05) is 25.7 Å². The Morgan fingerprint density at radius 2 is 1.96 bits per heavy atom. The highest BCUT2D eigenvalue weighted by Gasteiger charge is 2.42. The molecule has 1 fully saturated rings. The van der Waals surface area contributed by atoms with E-state index in [1.54, 1.807) is 34.1 Å². The fourth-order valence-electron chi connectivity index (χ4n) is 3.03. The van der Waals surface area contributed by atoms with Gasteiger partial charge in [0, 0.05) is 25.2 Å². The SMILES string of the molecule is COc1ccccc1CNC(=O)C(C)(C)C(=O)N(C)C1CCS(=O)(=O)C1. The van der Waals surface area contributed by atoms with Gasteiger partial charge < -0.3 is 15.0 Å². The van der Waals surface area contributed by atoms with Gasteiger partial charge >= 0.3 is 0 Å². The van der Waals surface area contributed by atoms with E-state index in [2.05, 4.69) is 5.32 Å². The van der Waals surface area contributed by atoms with Gasteiger partial charge in [-0.05, 0) is 26.3 Å². The van der Waals surface area contributed by atoms with Crippen molar-refractivity contribution in [2.24, 2.45) is 5.41 Å². The summed E-state index contributed by atoms with van der Waals surface area (Å²) in [6.45, 7) is 3.33. The maximum atomic E-state index is 12.8. The monoisotopic (exact) mass is 382 g/mol.